The second-order valence-electron chi connectivity index (χ2n) is 8.18. The van der Waals surface area contributed by atoms with Gasteiger partial charge < -0.3 is 10.3 Å². The molecule has 2 aliphatic heterocycles. The number of rotatable bonds is 3. The fourth-order valence-electron chi connectivity index (χ4n) is 5.19. The summed E-state index contributed by atoms with van der Waals surface area (Å²) in [7, 11) is 0. The maximum atomic E-state index is 6.03. The van der Waals surface area contributed by atoms with Crippen LogP contribution in [0, 0.1) is 0 Å². The molecule has 2 aliphatic rings. The quantitative estimate of drug-likeness (QED) is 0.587. The molecule has 3 aromatic rings. The average molecular weight is 482 g/mol. The van der Waals surface area contributed by atoms with E-state index >= 15 is 0 Å². The lowest BCUT2D eigenvalue weighted by Crippen LogP contribution is -2.44. The molecule has 0 radical (unpaired) electrons. The number of benzene rings is 2. The largest absolute Gasteiger partial charge is 0.330 e. The maximum Gasteiger partial charge on any atom is 0.119 e. The minimum Gasteiger partial charge on any atom is -0.330 e. The van der Waals surface area contributed by atoms with Crippen LogP contribution in [-0.2, 0) is 31.5 Å². The molecule has 1 aromatic heterocycles. The van der Waals surface area contributed by atoms with Gasteiger partial charge in [0.05, 0.1) is 11.1 Å². The molecule has 0 amide bonds. The third-order valence-corrected chi connectivity index (χ3v) is 6.67. The van der Waals surface area contributed by atoms with Crippen molar-refractivity contribution >= 4 is 37.2 Å². The van der Waals surface area contributed by atoms with E-state index in [1.807, 2.05) is 6.20 Å². The molecule has 7 heteroatoms. The van der Waals surface area contributed by atoms with Crippen LogP contribution >= 0.6 is 37.2 Å². The first kappa shape index (κ1) is 25.7. The molecule has 1 saturated heterocycles. The highest BCUT2D eigenvalue weighted by atomic mass is 35.5. The van der Waals surface area contributed by atoms with E-state index in [0.29, 0.717) is 6.54 Å². The number of hydrogen-bond acceptors (Lipinski definition) is 3. The van der Waals surface area contributed by atoms with Gasteiger partial charge in [-0.2, -0.15) is 0 Å². The summed E-state index contributed by atoms with van der Waals surface area (Å²) < 4.78 is 2.41. The van der Waals surface area contributed by atoms with Gasteiger partial charge in [-0.3, -0.25) is 4.90 Å². The Labute approximate surface area is 203 Å². The summed E-state index contributed by atoms with van der Waals surface area (Å²) in [6.07, 6.45) is 5.28. The van der Waals surface area contributed by atoms with Gasteiger partial charge in [0.15, 0.2) is 0 Å². The number of aryl methyl sites for hydroxylation is 1. The van der Waals surface area contributed by atoms with Gasteiger partial charge in [0.1, 0.15) is 5.82 Å². The molecule has 3 heterocycles. The van der Waals surface area contributed by atoms with Crippen LogP contribution in [0.5, 0.6) is 0 Å². The van der Waals surface area contributed by atoms with Gasteiger partial charge in [-0.1, -0.05) is 54.6 Å². The first-order chi connectivity index (χ1) is 13.8. The van der Waals surface area contributed by atoms with Crippen molar-refractivity contribution < 1.29 is 0 Å². The normalized spacial score (nSPS) is 16.7. The number of hydrogen-bond donors (Lipinski definition) is 1. The zero-order chi connectivity index (χ0) is 19.0. The van der Waals surface area contributed by atoms with Gasteiger partial charge in [-0.15, -0.1) is 37.2 Å². The summed E-state index contributed by atoms with van der Waals surface area (Å²) in [6, 6.07) is 19.8. The third kappa shape index (κ3) is 4.64. The monoisotopic (exact) mass is 480 g/mol. The lowest BCUT2D eigenvalue weighted by Gasteiger charge is -2.42. The average Bonchev–Trinajstić information content (AvgIpc) is 3.12. The molecule has 2 N–H and O–H groups in total. The Hall–Kier alpha value is -1.56. The van der Waals surface area contributed by atoms with E-state index < -0.39 is 0 Å². The van der Waals surface area contributed by atoms with E-state index in [2.05, 4.69) is 64.1 Å². The second-order valence-corrected chi connectivity index (χ2v) is 8.18. The first-order valence-corrected chi connectivity index (χ1v) is 10.4. The van der Waals surface area contributed by atoms with Gasteiger partial charge in [0.25, 0.3) is 0 Å². The first-order valence-electron chi connectivity index (χ1n) is 10.4. The minimum atomic E-state index is 0. The van der Waals surface area contributed by atoms with Gasteiger partial charge >= 0.3 is 0 Å². The predicted molar refractivity (Wildman–Crippen MR) is 134 cm³/mol. The maximum absolute atomic E-state index is 6.03. The smallest absolute Gasteiger partial charge is 0.119 e. The number of fused-ring (bicyclic) bond motifs is 4. The summed E-state index contributed by atoms with van der Waals surface area (Å²) in [5.74, 6) is 1.23. The van der Waals surface area contributed by atoms with E-state index in [-0.39, 0.29) is 42.6 Å². The number of aromatic nitrogens is 2. The molecule has 0 aliphatic carbocycles. The number of halogens is 3. The Kier molecular flexibility index (Phi) is 8.99. The molecular formula is C24H31Cl3N4. The fourth-order valence-corrected chi connectivity index (χ4v) is 5.19. The van der Waals surface area contributed by atoms with E-state index in [1.165, 1.54) is 22.5 Å². The molecule has 1 fully saturated rings. The molecule has 168 valence electrons. The summed E-state index contributed by atoms with van der Waals surface area (Å²) in [4.78, 5) is 7.53. The summed E-state index contributed by atoms with van der Waals surface area (Å²) in [5, 5.41) is 0. The summed E-state index contributed by atoms with van der Waals surface area (Å²) in [6.45, 7) is 4.75. The molecule has 0 saturated carbocycles. The zero-order valence-corrected chi connectivity index (χ0v) is 20.0. The molecule has 0 unspecified atom stereocenters. The van der Waals surface area contributed by atoms with Crippen LogP contribution in [0.4, 0.5) is 0 Å². The van der Waals surface area contributed by atoms with Gasteiger partial charge in [0, 0.05) is 25.8 Å². The van der Waals surface area contributed by atoms with Crippen molar-refractivity contribution in [3.63, 3.8) is 0 Å². The van der Waals surface area contributed by atoms with Crippen molar-refractivity contribution in [2.45, 2.75) is 44.3 Å². The van der Waals surface area contributed by atoms with E-state index in [1.54, 1.807) is 0 Å². The molecular weight excluding hydrogens is 451 g/mol. The number of nitrogens with two attached hydrogens (primary N) is 1. The minimum absolute atomic E-state index is 0. The topological polar surface area (TPSA) is 47.1 Å². The Morgan fingerprint density at radius 3 is 2.26 bits per heavy atom. The van der Waals surface area contributed by atoms with Gasteiger partial charge in [-0.05, 0) is 49.0 Å². The van der Waals surface area contributed by atoms with E-state index in [0.717, 1.165) is 51.1 Å². The van der Waals surface area contributed by atoms with Crippen LogP contribution < -0.4 is 5.73 Å². The van der Waals surface area contributed by atoms with Crippen LogP contribution in [0.15, 0.2) is 60.8 Å². The SMILES string of the molecule is Cl.Cl.Cl.NCc1cnc2n1CCc1ccccc1C21CCN(Cc2ccccc2)CC1. The molecule has 0 atom stereocenters. The molecule has 5 rings (SSSR count). The fraction of sp³-hybridized carbons (Fsp3) is 0.375. The second kappa shape index (κ2) is 10.8. The van der Waals surface area contributed by atoms with Crippen LogP contribution in [-0.4, -0.2) is 27.5 Å². The Morgan fingerprint density at radius 2 is 1.55 bits per heavy atom. The van der Waals surface area contributed by atoms with Crippen molar-refractivity contribution in [1.29, 1.82) is 0 Å². The Balaban J connectivity index is 0.00000114. The number of nitrogens with zero attached hydrogens (tertiary/aromatic N) is 3. The van der Waals surface area contributed by atoms with Crippen molar-refractivity contribution in [1.82, 2.24) is 14.5 Å². The van der Waals surface area contributed by atoms with Crippen molar-refractivity contribution in [2.24, 2.45) is 5.73 Å². The van der Waals surface area contributed by atoms with E-state index in [9.17, 15) is 0 Å². The van der Waals surface area contributed by atoms with Gasteiger partial charge in [0.2, 0.25) is 0 Å². The lowest BCUT2D eigenvalue weighted by atomic mass is 9.70. The molecule has 1 spiro atoms. The van der Waals surface area contributed by atoms with E-state index in [4.69, 9.17) is 10.7 Å². The number of imidazole rings is 1. The highest BCUT2D eigenvalue weighted by molar-refractivity contribution is 5.86. The van der Waals surface area contributed by atoms with Gasteiger partial charge in [-0.25, -0.2) is 4.98 Å². The number of likely N-dealkylation sites (tertiary alicyclic amines) is 1. The van der Waals surface area contributed by atoms with Crippen LogP contribution in [0.3, 0.4) is 0 Å². The van der Waals surface area contributed by atoms with Crippen molar-refractivity contribution in [2.75, 3.05) is 13.1 Å². The highest BCUT2D eigenvalue weighted by Crippen LogP contribution is 2.44. The predicted octanol–water partition coefficient (Wildman–Crippen LogP) is 4.75. The molecule has 0 bridgehead atoms. The Bertz CT molecular complexity index is 966. The molecule has 31 heavy (non-hydrogen) atoms. The van der Waals surface area contributed by atoms with Crippen molar-refractivity contribution in [3.05, 3.63) is 89.0 Å². The standard InChI is InChI=1S/C24H28N4.3ClH/c25-16-21-17-26-23-24(22-9-5-4-8-20(22)10-13-28(21)23)11-14-27(15-12-24)18-19-6-2-1-3-7-19;;;/h1-9,17H,10-16,18,25H2;3*1H. The summed E-state index contributed by atoms with van der Waals surface area (Å²) in [5.41, 5.74) is 11.6. The number of piperidine rings is 1. The molecule has 2 aromatic carbocycles. The van der Waals surface area contributed by atoms with Crippen LogP contribution in [0.2, 0.25) is 0 Å². The highest BCUT2D eigenvalue weighted by Gasteiger charge is 2.43. The zero-order valence-electron chi connectivity index (χ0n) is 17.6. The van der Waals surface area contributed by atoms with Crippen LogP contribution in [0.25, 0.3) is 0 Å². The lowest BCUT2D eigenvalue weighted by molar-refractivity contribution is 0.166. The van der Waals surface area contributed by atoms with Crippen molar-refractivity contribution in [3.8, 4) is 0 Å². The molecule has 4 nitrogen and oxygen atoms in total. The Morgan fingerprint density at radius 1 is 0.871 bits per heavy atom. The summed E-state index contributed by atoms with van der Waals surface area (Å²) >= 11 is 0. The third-order valence-electron chi connectivity index (χ3n) is 6.67. The van der Waals surface area contributed by atoms with Crippen LogP contribution in [0.1, 0.15) is 41.1 Å².